The molecule has 8 nitrogen and oxygen atoms in total. The molecule has 1 heterocycles. The summed E-state index contributed by atoms with van der Waals surface area (Å²) in [4.78, 5) is 28.1. The molecule has 158 valence electrons. The van der Waals surface area contributed by atoms with E-state index in [0.29, 0.717) is 35.6 Å². The number of unbranched alkanes of at least 4 members (excludes halogenated alkanes) is 2. The number of amides is 1. The maximum Gasteiger partial charge on any atom is 0.340 e. The molecule has 0 saturated carbocycles. The van der Waals surface area contributed by atoms with Crippen molar-refractivity contribution < 1.29 is 19.5 Å². The summed E-state index contributed by atoms with van der Waals surface area (Å²) in [6.45, 7) is 4.23. The minimum atomic E-state index is -0.508. The lowest BCUT2D eigenvalue weighted by Gasteiger charge is -2.17. The van der Waals surface area contributed by atoms with Crippen molar-refractivity contribution in [2.24, 2.45) is 0 Å². The number of anilines is 1. The number of rotatable bonds is 10. The van der Waals surface area contributed by atoms with Gasteiger partial charge in [0.15, 0.2) is 0 Å². The van der Waals surface area contributed by atoms with Crippen LogP contribution in [0.25, 0.3) is 11.1 Å². The number of pyridine rings is 1. The van der Waals surface area contributed by atoms with Crippen LogP contribution in [0.15, 0.2) is 30.3 Å². The largest absolute Gasteiger partial charge is 0.462 e. The molecular weight excluding hydrogens is 384 g/mol. The third kappa shape index (κ3) is 5.78. The van der Waals surface area contributed by atoms with E-state index in [0.717, 1.165) is 18.4 Å². The molecule has 0 radical (unpaired) electrons. The Bertz CT molecular complexity index is 923. The van der Waals surface area contributed by atoms with Crippen molar-refractivity contribution in [2.45, 2.75) is 39.5 Å². The van der Waals surface area contributed by atoms with Crippen LogP contribution in [0.4, 0.5) is 5.82 Å². The summed E-state index contributed by atoms with van der Waals surface area (Å²) in [6, 6.07) is 11.4. The van der Waals surface area contributed by atoms with Gasteiger partial charge in [-0.3, -0.25) is 10.0 Å². The summed E-state index contributed by atoms with van der Waals surface area (Å²) in [5.74, 6) is -0.504. The van der Waals surface area contributed by atoms with Gasteiger partial charge in [0.1, 0.15) is 17.5 Å². The molecule has 1 aromatic carbocycles. The number of ether oxygens (including phenoxy) is 1. The Morgan fingerprint density at radius 3 is 2.57 bits per heavy atom. The van der Waals surface area contributed by atoms with Crippen LogP contribution in [0.1, 0.15) is 54.2 Å². The highest BCUT2D eigenvalue weighted by atomic mass is 16.5. The summed E-state index contributed by atoms with van der Waals surface area (Å²) in [5, 5.41) is 21.5. The van der Waals surface area contributed by atoms with Crippen molar-refractivity contribution in [2.75, 3.05) is 18.5 Å². The van der Waals surface area contributed by atoms with Gasteiger partial charge in [0.25, 0.3) is 0 Å². The van der Waals surface area contributed by atoms with E-state index in [4.69, 9.17) is 9.94 Å². The summed E-state index contributed by atoms with van der Waals surface area (Å²) in [6.07, 6.45) is 2.42. The Balaban J connectivity index is 2.30. The first-order valence-corrected chi connectivity index (χ1v) is 9.87. The molecule has 1 amide bonds. The number of aryl methyl sites for hydroxylation is 1. The van der Waals surface area contributed by atoms with E-state index < -0.39 is 11.9 Å². The van der Waals surface area contributed by atoms with Gasteiger partial charge in [-0.2, -0.15) is 5.26 Å². The highest BCUT2D eigenvalue weighted by Gasteiger charge is 2.24. The lowest BCUT2D eigenvalue weighted by molar-refractivity contribution is -0.129. The smallest absolute Gasteiger partial charge is 0.340 e. The number of esters is 1. The molecule has 0 spiro atoms. The van der Waals surface area contributed by atoms with Crippen LogP contribution in [-0.4, -0.2) is 35.2 Å². The maximum atomic E-state index is 12.6. The maximum absolute atomic E-state index is 12.6. The summed E-state index contributed by atoms with van der Waals surface area (Å²) in [5.41, 5.74) is 3.91. The van der Waals surface area contributed by atoms with Crippen molar-refractivity contribution >= 4 is 17.7 Å². The van der Waals surface area contributed by atoms with Crippen LogP contribution in [-0.2, 0) is 9.53 Å². The molecule has 0 aliphatic heterocycles. The molecule has 0 saturated heterocycles. The zero-order chi connectivity index (χ0) is 21.9. The fourth-order valence-electron chi connectivity index (χ4n) is 3.14. The van der Waals surface area contributed by atoms with Gasteiger partial charge in [0, 0.05) is 18.5 Å². The molecule has 3 N–H and O–H groups in total. The molecule has 0 fully saturated rings. The van der Waals surface area contributed by atoms with Gasteiger partial charge in [0.05, 0.1) is 17.9 Å². The van der Waals surface area contributed by atoms with Crippen LogP contribution in [0, 0.1) is 18.3 Å². The average Bonchev–Trinajstić information content (AvgIpc) is 2.76. The highest BCUT2D eigenvalue weighted by molar-refractivity contribution is 6.01. The summed E-state index contributed by atoms with van der Waals surface area (Å²) >= 11 is 0. The normalized spacial score (nSPS) is 10.2. The fraction of sp³-hybridized carbons (Fsp3) is 0.364. The average molecular weight is 410 g/mol. The first kappa shape index (κ1) is 22.8. The van der Waals surface area contributed by atoms with Crippen LogP contribution in [0.5, 0.6) is 0 Å². The minimum absolute atomic E-state index is 0.225. The highest BCUT2D eigenvalue weighted by Crippen LogP contribution is 2.33. The van der Waals surface area contributed by atoms with Crippen molar-refractivity contribution in [1.29, 1.82) is 5.26 Å². The van der Waals surface area contributed by atoms with E-state index in [9.17, 15) is 14.9 Å². The number of nitrogens with one attached hydrogen (secondary N) is 2. The zero-order valence-electron chi connectivity index (χ0n) is 17.2. The molecule has 1 aromatic heterocycles. The van der Waals surface area contributed by atoms with Crippen LogP contribution in [0.3, 0.4) is 0 Å². The zero-order valence-corrected chi connectivity index (χ0v) is 17.2. The van der Waals surface area contributed by atoms with E-state index >= 15 is 0 Å². The van der Waals surface area contributed by atoms with Crippen LogP contribution >= 0.6 is 0 Å². The molecular formula is C22H26N4O4. The second kappa shape index (κ2) is 11.5. The first-order valence-electron chi connectivity index (χ1n) is 9.87. The standard InChI is InChI=1S/C22H26N4O4/c1-3-30-22(28)19-15(2)25-21(24-13-9-5-8-12-18(27)26-29)17(14-23)20(19)16-10-6-4-7-11-16/h4,6-7,10-11,29H,3,5,8-9,12-13H2,1-2H3,(H,24,25)(H,26,27). The Morgan fingerprint density at radius 1 is 1.20 bits per heavy atom. The molecule has 2 rings (SSSR count). The van der Waals surface area contributed by atoms with Gasteiger partial charge >= 0.3 is 5.97 Å². The third-order valence-electron chi connectivity index (χ3n) is 4.53. The topological polar surface area (TPSA) is 124 Å². The predicted molar refractivity (Wildman–Crippen MR) is 112 cm³/mol. The molecule has 30 heavy (non-hydrogen) atoms. The molecule has 0 aliphatic carbocycles. The Labute approximate surface area is 175 Å². The lowest BCUT2D eigenvalue weighted by Crippen LogP contribution is -2.18. The van der Waals surface area contributed by atoms with Gasteiger partial charge < -0.3 is 10.1 Å². The van der Waals surface area contributed by atoms with Gasteiger partial charge in [-0.1, -0.05) is 36.8 Å². The number of carbonyl (C=O) groups is 2. The number of nitriles is 1. The first-order chi connectivity index (χ1) is 14.5. The molecule has 0 atom stereocenters. The van der Waals surface area contributed by atoms with Crippen molar-refractivity contribution in [1.82, 2.24) is 10.5 Å². The molecule has 0 unspecified atom stereocenters. The number of hydrogen-bond acceptors (Lipinski definition) is 7. The number of nitrogens with zero attached hydrogens (tertiary/aromatic N) is 2. The van der Waals surface area contributed by atoms with Crippen molar-refractivity contribution in [3.63, 3.8) is 0 Å². The van der Waals surface area contributed by atoms with E-state index in [-0.39, 0.29) is 18.6 Å². The Morgan fingerprint density at radius 2 is 1.93 bits per heavy atom. The van der Waals surface area contributed by atoms with E-state index in [2.05, 4.69) is 16.4 Å². The van der Waals surface area contributed by atoms with E-state index in [1.54, 1.807) is 19.3 Å². The third-order valence-corrected chi connectivity index (χ3v) is 4.53. The number of hydrogen-bond donors (Lipinski definition) is 3. The predicted octanol–water partition coefficient (Wildman–Crippen LogP) is 3.58. The van der Waals surface area contributed by atoms with Crippen LogP contribution in [0.2, 0.25) is 0 Å². The van der Waals surface area contributed by atoms with Gasteiger partial charge in [-0.15, -0.1) is 0 Å². The minimum Gasteiger partial charge on any atom is -0.462 e. The van der Waals surface area contributed by atoms with Gasteiger partial charge in [-0.05, 0) is 32.3 Å². The van der Waals surface area contributed by atoms with Crippen molar-refractivity contribution in [3.8, 4) is 17.2 Å². The van der Waals surface area contributed by atoms with Gasteiger partial charge in [0.2, 0.25) is 5.91 Å². The number of carbonyl (C=O) groups excluding carboxylic acids is 2. The van der Waals surface area contributed by atoms with Gasteiger partial charge in [-0.25, -0.2) is 15.3 Å². The quantitative estimate of drug-likeness (QED) is 0.237. The SMILES string of the molecule is CCOC(=O)c1c(C)nc(NCCCCCC(=O)NO)c(C#N)c1-c1ccccc1. The Hall–Kier alpha value is -3.44. The number of hydroxylamine groups is 1. The van der Waals surface area contributed by atoms with E-state index in [1.807, 2.05) is 30.3 Å². The molecule has 8 heteroatoms. The summed E-state index contributed by atoms with van der Waals surface area (Å²) < 4.78 is 5.21. The number of aromatic nitrogens is 1. The number of benzene rings is 1. The fourth-order valence-corrected chi connectivity index (χ4v) is 3.14. The molecule has 0 bridgehead atoms. The monoisotopic (exact) mass is 410 g/mol. The second-order valence-corrected chi connectivity index (χ2v) is 6.64. The molecule has 2 aromatic rings. The lowest BCUT2D eigenvalue weighted by atomic mass is 9.94. The molecule has 0 aliphatic rings. The van der Waals surface area contributed by atoms with E-state index in [1.165, 1.54) is 0 Å². The Kier molecular flexibility index (Phi) is 8.78. The van der Waals surface area contributed by atoms with Crippen molar-refractivity contribution in [3.05, 3.63) is 47.2 Å². The second-order valence-electron chi connectivity index (χ2n) is 6.64. The summed E-state index contributed by atoms with van der Waals surface area (Å²) in [7, 11) is 0. The van der Waals surface area contributed by atoms with Crippen LogP contribution < -0.4 is 10.8 Å².